The van der Waals surface area contributed by atoms with Crippen LogP contribution in [0.25, 0.3) is 0 Å². The topological polar surface area (TPSA) is 24.5 Å². The Morgan fingerprint density at radius 1 is 1.30 bits per heavy atom. The molecule has 1 aromatic rings. The van der Waals surface area contributed by atoms with Gasteiger partial charge in [-0.3, -0.25) is 0 Å². The first-order valence-corrected chi connectivity index (χ1v) is 7.81. The minimum atomic E-state index is 0.360. The molecule has 3 nitrogen and oxygen atoms in total. The summed E-state index contributed by atoms with van der Waals surface area (Å²) < 4.78 is 5.59. The van der Waals surface area contributed by atoms with Gasteiger partial charge in [0.2, 0.25) is 0 Å². The van der Waals surface area contributed by atoms with Gasteiger partial charge in [-0.2, -0.15) is 0 Å². The second kappa shape index (κ2) is 5.74. The van der Waals surface area contributed by atoms with E-state index in [-0.39, 0.29) is 0 Å². The number of benzene rings is 1. The Morgan fingerprint density at radius 3 is 2.80 bits per heavy atom. The molecule has 2 heterocycles. The monoisotopic (exact) mass is 274 g/mol. The lowest BCUT2D eigenvalue weighted by Gasteiger charge is -2.42. The highest BCUT2D eigenvalue weighted by Crippen LogP contribution is 2.38. The highest BCUT2D eigenvalue weighted by molar-refractivity contribution is 5.59. The second-order valence-electron chi connectivity index (χ2n) is 6.45. The number of ether oxygens (including phenoxy) is 1. The Balaban J connectivity index is 1.81. The lowest BCUT2D eigenvalue weighted by atomic mass is 9.79. The van der Waals surface area contributed by atoms with E-state index in [1.807, 2.05) is 0 Å². The summed E-state index contributed by atoms with van der Waals surface area (Å²) in [5.74, 6) is 0. The molecule has 0 saturated carbocycles. The quantitative estimate of drug-likeness (QED) is 0.913. The Kier molecular flexibility index (Phi) is 3.99. The van der Waals surface area contributed by atoms with Crippen molar-refractivity contribution in [3.63, 3.8) is 0 Å². The molecule has 2 aliphatic rings. The van der Waals surface area contributed by atoms with Crippen molar-refractivity contribution < 1.29 is 4.74 Å². The van der Waals surface area contributed by atoms with Crippen LogP contribution in [0.15, 0.2) is 24.3 Å². The average molecular weight is 274 g/mol. The number of anilines is 1. The number of hydrogen-bond acceptors (Lipinski definition) is 3. The zero-order valence-electron chi connectivity index (χ0n) is 12.7. The van der Waals surface area contributed by atoms with Crippen LogP contribution in [-0.2, 0) is 11.2 Å². The number of hydrogen-bond donors (Lipinski definition) is 1. The standard InChI is InChI=1S/C17H26N2O/c1-14-11-15-5-3-4-6-16(15)19(14)13-17(12-18-2)7-9-20-10-8-17/h3-6,14,18H,7-13H2,1-2H3. The molecule has 1 atom stereocenters. The van der Waals surface area contributed by atoms with Crippen molar-refractivity contribution in [2.75, 3.05) is 38.3 Å². The Morgan fingerprint density at radius 2 is 2.05 bits per heavy atom. The Hall–Kier alpha value is -1.06. The molecule has 110 valence electrons. The van der Waals surface area contributed by atoms with Gasteiger partial charge in [0.05, 0.1) is 0 Å². The highest BCUT2D eigenvalue weighted by Gasteiger charge is 2.37. The van der Waals surface area contributed by atoms with E-state index >= 15 is 0 Å². The fraction of sp³-hybridized carbons (Fsp3) is 0.647. The summed E-state index contributed by atoms with van der Waals surface area (Å²) in [6, 6.07) is 9.50. The van der Waals surface area contributed by atoms with Crippen molar-refractivity contribution in [1.82, 2.24) is 5.32 Å². The first kappa shape index (κ1) is 13.9. The molecule has 1 unspecified atom stereocenters. The van der Waals surface area contributed by atoms with E-state index in [2.05, 4.69) is 48.5 Å². The average Bonchev–Trinajstić information content (AvgIpc) is 2.77. The van der Waals surface area contributed by atoms with E-state index in [1.165, 1.54) is 30.5 Å². The summed E-state index contributed by atoms with van der Waals surface area (Å²) in [6.07, 6.45) is 3.51. The van der Waals surface area contributed by atoms with Crippen LogP contribution in [0, 0.1) is 5.41 Å². The predicted molar refractivity (Wildman–Crippen MR) is 83.4 cm³/mol. The maximum atomic E-state index is 5.59. The van der Waals surface area contributed by atoms with Crippen molar-refractivity contribution in [2.45, 2.75) is 32.2 Å². The molecular formula is C17H26N2O. The molecule has 1 aromatic carbocycles. The van der Waals surface area contributed by atoms with Gasteiger partial charge in [-0.1, -0.05) is 18.2 Å². The van der Waals surface area contributed by atoms with Crippen molar-refractivity contribution >= 4 is 5.69 Å². The molecule has 3 heteroatoms. The molecule has 20 heavy (non-hydrogen) atoms. The zero-order valence-corrected chi connectivity index (χ0v) is 12.7. The van der Waals surface area contributed by atoms with E-state index in [0.717, 1.165) is 26.3 Å². The Bertz CT molecular complexity index is 449. The van der Waals surface area contributed by atoms with E-state index in [1.54, 1.807) is 0 Å². The number of para-hydroxylation sites is 1. The van der Waals surface area contributed by atoms with Crippen LogP contribution in [0.3, 0.4) is 0 Å². The third kappa shape index (κ3) is 2.57. The molecule has 0 aromatic heterocycles. The summed E-state index contributed by atoms with van der Waals surface area (Å²) in [6.45, 7) is 6.40. The van der Waals surface area contributed by atoms with E-state index in [4.69, 9.17) is 4.74 Å². The van der Waals surface area contributed by atoms with Crippen LogP contribution >= 0.6 is 0 Å². The molecule has 0 radical (unpaired) electrons. The minimum Gasteiger partial charge on any atom is -0.381 e. The highest BCUT2D eigenvalue weighted by atomic mass is 16.5. The third-order valence-electron chi connectivity index (χ3n) is 4.96. The van der Waals surface area contributed by atoms with E-state index in [9.17, 15) is 0 Å². The van der Waals surface area contributed by atoms with E-state index in [0.29, 0.717) is 11.5 Å². The van der Waals surface area contributed by atoms with E-state index < -0.39 is 0 Å². The zero-order chi connectivity index (χ0) is 14.0. The van der Waals surface area contributed by atoms with Gasteiger partial charge in [-0.15, -0.1) is 0 Å². The maximum Gasteiger partial charge on any atom is 0.0472 e. The van der Waals surface area contributed by atoms with Gasteiger partial charge in [0, 0.05) is 43.4 Å². The second-order valence-corrected chi connectivity index (χ2v) is 6.45. The van der Waals surface area contributed by atoms with Gasteiger partial charge >= 0.3 is 0 Å². The molecule has 0 spiro atoms. The van der Waals surface area contributed by atoms with Crippen molar-refractivity contribution in [2.24, 2.45) is 5.41 Å². The largest absolute Gasteiger partial charge is 0.381 e. The van der Waals surface area contributed by atoms with Crippen molar-refractivity contribution in [3.05, 3.63) is 29.8 Å². The minimum absolute atomic E-state index is 0.360. The molecule has 0 aliphatic carbocycles. The smallest absolute Gasteiger partial charge is 0.0472 e. The van der Waals surface area contributed by atoms with Crippen LogP contribution in [0.4, 0.5) is 5.69 Å². The lowest BCUT2D eigenvalue weighted by Crippen LogP contribution is -2.48. The summed E-state index contributed by atoms with van der Waals surface area (Å²) in [7, 11) is 2.07. The van der Waals surface area contributed by atoms with Crippen LogP contribution in [0.1, 0.15) is 25.3 Å². The fourth-order valence-corrected chi connectivity index (χ4v) is 3.80. The summed E-state index contributed by atoms with van der Waals surface area (Å²) in [5, 5.41) is 3.41. The number of nitrogens with zero attached hydrogens (tertiary/aromatic N) is 1. The molecule has 2 aliphatic heterocycles. The van der Waals surface area contributed by atoms with Crippen LogP contribution < -0.4 is 10.2 Å². The van der Waals surface area contributed by atoms with Gasteiger partial charge in [-0.05, 0) is 44.9 Å². The molecule has 0 amide bonds. The summed E-state index contributed by atoms with van der Waals surface area (Å²) in [4.78, 5) is 2.62. The van der Waals surface area contributed by atoms with Gasteiger partial charge in [-0.25, -0.2) is 0 Å². The van der Waals surface area contributed by atoms with Crippen LogP contribution in [-0.4, -0.2) is 39.4 Å². The van der Waals surface area contributed by atoms with Crippen molar-refractivity contribution in [3.8, 4) is 0 Å². The fourth-order valence-electron chi connectivity index (χ4n) is 3.80. The molecular weight excluding hydrogens is 248 g/mol. The predicted octanol–water partition coefficient (Wildman–Crippen LogP) is 2.45. The summed E-state index contributed by atoms with van der Waals surface area (Å²) in [5.41, 5.74) is 3.31. The van der Waals surface area contributed by atoms with Crippen molar-refractivity contribution in [1.29, 1.82) is 0 Å². The number of fused-ring (bicyclic) bond motifs is 1. The first-order valence-electron chi connectivity index (χ1n) is 7.81. The normalized spacial score (nSPS) is 24.7. The molecule has 0 bridgehead atoms. The van der Waals surface area contributed by atoms with Gasteiger partial charge in [0.1, 0.15) is 0 Å². The number of nitrogens with one attached hydrogen (secondary N) is 1. The van der Waals surface area contributed by atoms with Gasteiger partial charge in [0.25, 0.3) is 0 Å². The first-order chi connectivity index (χ1) is 9.74. The SMILES string of the molecule is CNCC1(CN2c3ccccc3CC2C)CCOCC1. The van der Waals surface area contributed by atoms with Gasteiger partial charge in [0.15, 0.2) is 0 Å². The van der Waals surface area contributed by atoms with Crippen LogP contribution in [0.2, 0.25) is 0 Å². The molecule has 1 fully saturated rings. The summed E-state index contributed by atoms with van der Waals surface area (Å²) >= 11 is 0. The third-order valence-corrected chi connectivity index (χ3v) is 4.96. The maximum absolute atomic E-state index is 5.59. The number of rotatable bonds is 4. The molecule has 3 rings (SSSR count). The van der Waals surface area contributed by atoms with Crippen LogP contribution in [0.5, 0.6) is 0 Å². The molecule has 1 N–H and O–H groups in total. The van der Waals surface area contributed by atoms with Gasteiger partial charge < -0.3 is 15.0 Å². The molecule has 1 saturated heterocycles. The lowest BCUT2D eigenvalue weighted by molar-refractivity contribution is 0.0187. The Labute approximate surface area is 122 Å².